The van der Waals surface area contributed by atoms with Crippen molar-refractivity contribution in [2.24, 2.45) is 0 Å². The van der Waals surface area contributed by atoms with Crippen molar-refractivity contribution in [2.75, 3.05) is 13.2 Å². The molecule has 4 heteroatoms. The van der Waals surface area contributed by atoms with E-state index in [0.29, 0.717) is 35.8 Å². The SMILES string of the molecule is CCOc1cccc(P(C(C)C)C(C)C)c1-c1c(OCC)cccc1P(C(C)C)C(C)C. The highest BCUT2D eigenvalue weighted by Gasteiger charge is 2.30. The second kappa shape index (κ2) is 12.4. The molecular formula is C28H44O2P2. The van der Waals surface area contributed by atoms with Gasteiger partial charge in [-0.3, -0.25) is 0 Å². The Bertz CT molecular complexity index is 771. The Balaban J connectivity index is 3.00. The Hall–Kier alpha value is -1.10. The van der Waals surface area contributed by atoms with Crippen LogP contribution in [0.15, 0.2) is 36.4 Å². The van der Waals surface area contributed by atoms with Crippen LogP contribution in [0.4, 0.5) is 0 Å². The van der Waals surface area contributed by atoms with E-state index in [1.807, 2.05) is 0 Å². The molecular weight excluding hydrogens is 430 g/mol. The molecule has 0 saturated carbocycles. The van der Waals surface area contributed by atoms with Crippen molar-refractivity contribution < 1.29 is 9.47 Å². The fraction of sp³-hybridized carbons (Fsp3) is 0.571. The van der Waals surface area contributed by atoms with Gasteiger partial charge in [-0.2, -0.15) is 0 Å². The van der Waals surface area contributed by atoms with Crippen molar-refractivity contribution in [1.29, 1.82) is 0 Å². The second-order valence-corrected chi connectivity index (χ2v) is 16.1. The minimum atomic E-state index is -0.357. The van der Waals surface area contributed by atoms with Crippen LogP contribution in [0.5, 0.6) is 11.5 Å². The average Bonchev–Trinajstić information content (AvgIpc) is 2.68. The first-order chi connectivity index (χ1) is 15.1. The molecule has 0 aliphatic rings. The molecule has 32 heavy (non-hydrogen) atoms. The number of hydrogen-bond acceptors (Lipinski definition) is 2. The number of ether oxygens (including phenoxy) is 2. The van der Waals surface area contributed by atoms with Crippen LogP contribution in [-0.2, 0) is 0 Å². The van der Waals surface area contributed by atoms with Crippen molar-refractivity contribution in [3.8, 4) is 22.6 Å². The summed E-state index contributed by atoms with van der Waals surface area (Å²) in [6.45, 7) is 24.4. The molecule has 0 spiro atoms. The molecule has 0 amide bonds. The fourth-order valence-corrected chi connectivity index (χ4v) is 10.9. The van der Waals surface area contributed by atoms with E-state index in [1.54, 1.807) is 0 Å². The van der Waals surface area contributed by atoms with Gasteiger partial charge in [0, 0.05) is 11.1 Å². The van der Waals surface area contributed by atoms with Crippen molar-refractivity contribution in [3.05, 3.63) is 36.4 Å². The summed E-state index contributed by atoms with van der Waals surface area (Å²) < 4.78 is 12.6. The van der Waals surface area contributed by atoms with E-state index < -0.39 is 0 Å². The van der Waals surface area contributed by atoms with Gasteiger partial charge in [0.15, 0.2) is 0 Å². The lowest BCUT2D eigenvalue weighted by molar-refractivity contribution is 0.337. The monoisotopic (exact) mass is 474 g/mol. The van der Waals surface area contributed by atoms with Crippen molar-refractivity contribution in [2.45, 2.75) is 91.9 Å². The van der Waals surface area contributed by atoms with Crippen LogP contribution in [0.1, 0.15) is 69.2 Å². The smallest absolute Gasteiger partial charge is 0.127 e. The molecule has 0 fully saturated rings. The standard InChI is InChI=1S/C28H44O2P2/c1-11-29-23-15-13-17-25(31(19(3)4)20(5)6)27(23)28-24(30-12-2)16-14-18-26(28)32(21(7)8)22(9)10/h13-22H,11-12H2,1-10H3. The fourth-order valence-electron chi connectivity index (χ4n) is 4.83. The molecule has 0 aromatic heterocycles. The molecule has 0 heterocycles. The summed E-state index contributed by atoms with van der Waals surface area (Å²) in [6.07, 6.45) is 0. The lowest BCUT2D eigenvalue weighted by Crippen LogP contribution is -2.23. The molecule has 0 N–H and O–H groups in total. The van der Waals surface area contributed by atoms with Crippen LogP contribution in [-0.4, -0.2) is 35.8 Å². The summed E-state index contributed by atoms with van der Waals surface area (Å²) in [5.74, 6) is 1.99. The Morgan fingerprint density at radius 1 is 0.562 bits per heavy atom. The first kappa shape index (κ1) is 27.1. The maximum Gasteiger partial charge on any atom is 0.127 e. The molecule has 178 valence electrons. The summed E-state index contributed by atoms with van der Waals surface area (Å²) >= 11 is 0. The van der Waals surface area contributed by atoms with Gasteiger partial charge < -0.3 is 9.47 Å². The number of hydrogen-bond donors (Lipinski definition) is 0. The van der Waals surface area contributed by atoms with Crippen molar-refractivity contribution in [1.82, 2.24) is 0 Å². The molecule has 0 bridgehead atoms. The van der Waals surface area contributed by atoms with E-state index in [2.05, 4.69) is 106 Å². The molecule has 0 atom stereocenters. The lowest BCUT2D eigenvalue weighted by Gasteiger charge is -2.33. The molecule has 2 nitrogen and oxygen atoms in total. The third kappa shape index (κ3) is 6.07. The van der Waals surface area contributed by atoms with E-state index in [9.17, 15) is 0 Å². The van der Waals surface area contributed by atoms with Crippen LogP contribution in [0.3, 0.4) is 0 Å². The van der Waals surface area contributed by atoms with Gasteiger partial charge in [-0.15, -0.1) is 0 Å². The maximum absolute atomic E-state index is 6.29. The van der Waals surface area contributed by atoms with Gasteiger partial charge in [-0.1, -0.05) is 95.5 Å². The van der Waals surface area contributed by atoms with Gasteiger partial charge in [0.25, 0.3) is 0 Å². The molecule has 2 aromatic carbocycles. The maximum atomic E-state index is 6.29. The number of benzene rings is 2. The lowest BCUT2D eigenvalue weighted by atomic mass is 10.0. The van der Waals surface area contributed by atoms with E-state index in [0.717, 1.165) is 11.5 Å². The van der Waals surface area contributed by atoms with Gasteiger partial charge in [-0.05, 0) is 59.2 Å². The molecule has 0 aliphatic heterocycles. The minimum Gasteiger partial charge on any atom is -0.493 e. The summed E-state index contributed by atoms with van der Waals surface area (Å²) in [5, 5.41) is 2.90. The van der Waals surface area contributed by atoms with Gasteiger partial charge in [0.2, 0.25) is 0 Å². The van der Waals surface area contributed by atoms with Crippen molar-refractivity contribution in [3.63, 3.8) is 0 Å². The normalized spacial score (nSPS) is 12.1. The Kier molecular flexibility index (Phi) is 10.5. The van der Waals surface area contributed by atoms with Gasteiger partial charge >= 0.3 is 0 Å². The first-order valence-corrected chi connectivity index (χ1v) is 15.2. The minimum absolute atomic E-state index is 0.357. The molecule has 2 aromatic rings. The average molecular weight is 475 g/mol. The van der Waals surface area contributed by atoms with Crippen molar-refractivity contribution >= 4 is 26.5 Å². The second-order valence-electron chi connectivity index (χ2n) is 9.36. The zero-order valence-corrected chi connectivity index (χ0v) is 23.7. The highest BCUT2D eigenvalue weighted by atomic mass is 31.1. The molecule has 0 saturated heterocycles. The van der Waals surface area contributed by atoms with E-state index in [1.165, 1.54) is 21.7 Å². The predicted molar refractivity (Wildman–Crippen MR) is 148 cm³/mol. The summed E-state index contributed by atoms with van der Waals surface area (Å²) in [6, 6.07) is 13.4. The van der Waals surface area contributed by atoms with Gasteiger partial charge in [0.1, 0.15) is 11.5 Å². The Morgan fingerprint density at radius 2 is 0.875 bits per heavy atom. The van der Waals surface area contributed by atoms with Crippen LogP contribution in [0.2, 0.25) is 0 Å². The third-order valence-electron chi connectivity index (χ3n) is 5.64. The van der Waals surface area contributed by atoms with E-state index in [-0.39, 0.29) is 15.8 Å². The van der Waals surface area contributed by atoms with Crippen LogP contribution < -0.4 is 20.1 Å². The number of rotatable bonds is 11. The first-order valence-electron chi connectivity index (χ1n) is 12.2. The molecule has 0 radical (unpaired) electrons. The van der Waals surface area contributed by atoms with E-state index in [4.69, 9.17) is 9.47 Å². The predicted octanol–water partition coefficient (Wildman–Crippen LogP) is 8.00. The molecule has 0 aliphatic carbocycles. The van der Waals surface area contributed by atoms with Gasteiger partial charge in [0.05, 0.1) is 13.2 Å². The van der Waals surface area contributed by atoms with Crippen LogP contribution >= 0.6 is 15.8 Å². The zero-order valence-electron chi connectivity index (χ0n) is 21.9. The topological polar surface area (TPSA) is 18.5 Å². The van der Waals surface area contributed by atoms with Gasteiger partial charge in [-0.25, -0.2) is 0 Å². The highest BCUT2D eigenvalue weighted by molar-refractivity contribution is 7.68. The largest absolute Gasteiger partial charge is 0.493 e. The zero-order chi connectivity index (χ0) is 24.0. The van der Waals surface area contributed by atoms with Crippen LogP contribution in [0.25, 0.3) is 11.1 Å². The quantitative estimate of drug-likeness (QED) is 0.307. The van der Waals surface area contributed by atoms with Crippen LogP contribution in [0, 0.1) is 0 Å². The van der Waals surface area contributed by atoms with E-state index >= 15 is 0 Å². The third-order valence-corrected chi connectivity index (χ3v) is 11.9. The highest BCUT2D eigenvalue weighted by Crippen LogP contribution is 2.53. The summed E-state index contributed by atoms with van der Waals surface area (Å²) in [4.78, 5) is 0. The molecule has 0 unspecified atom stereocenters. The summed E-state index contributed by atoms with van der Waals surface area (Å²) in [7, 11) is -0.715. The Morgan fingerprint density at radius 3 is 1.12 bits per heavy atom. The Labute approximate surface area is 200 Å². The molecule has 2 rings (SSSR count). The summed E-state index contributed by atoms with van der Waals surface area (Å²) in [5.41, 5.74) is 4.94.